The monoisotopic (exact) mass is 262 g/mol. The van der Waals surface area contributed by atoms with Crippen LogP contribution in [0.2, 0.25) is 0 Å². The number of nitrogens with one attached hydrogen (secondary N) is 1. The zero-order chi connectivity index (χ0) is 9.42. The lowest BCUT2D eigenvalue weighted by Crippen LogP contribution is -2.20. The third-order valence-corrected chi connectivity index (χ3v) is 3.52. The number of ether oxygens (including phenoxy) is 1. The van der Waals surface area contributed by atoms with Gasteiger partial charge in [-0.2, -0.15) is 0 Å². The van der Waals surface area contributed by atoms with Crippen molar-refractivity contribution in [2.45, 2.75) is 0 Å². The normalized spacial score (nSPS) is 14.2. The minimum atomic E-state index is -0.426. The highest BCUT2D eigenvalue weighted by Crippen LogP contribution is 2.44. The standard InChI is InChI=1S/C7H7BrN2O2S/c8-6-4-3(10-1-2-12-4)5(13-6)7(9)11/h10H,1-2H2,(H2,9,11). The zero-order valence-electron chi connectivity index (χ0n) is 6.59. The van der Waals surface area contributed by atoms with E-state index in [9.17, 15) is 4.79 Å². The average Bonchev–Trinajstić information content (AvgIpc) is 2.45. The van der Waals surface area contributed by atoms with Crippen LogP contribution in [0.3, 0.4) is 0 Å². The van der Waals surface area contributed by atoms with Crippen molar-refractivity contribution in [3.63, 3.8) is 0 Å². The molecule has 0 spiro atoms. The molecule has 0 atom stereocenters. The lowest BCUT2D eigenvalue weighted by Gasteiger charge is -2.16. The largest absolute Gasteiger partial charge is 0.487 e. The molecule has 4 nitrogen and oxygen atoms in total. The molecular formula is C7H7BrN2O2S. The summed E-state index contributed by atoms with van der Waals surface area (Å²) >= 11 is 4.61. The van der Waals surface area contributed by atoms with Crippen LogP contribution in [-0.2, 0) is 0 Å². The van der Waals surface area contributed by atoms with Crippen molar-refractivity contribution in [2.24, 2.45) is 5.73 Å². The van der Waals surface area contributed by atoms with Crippen molar-refractivity contribution in [1.82, 2.24) is 0 Å². The van der Waals surface area contributed by atoms with Gasteiger partial charge in [0.2, 0.25) is 0 Å². The molecule has 0 aliphatic carbocycles. The molecule has 0 saturated carbocycles. The van der Waals surface area contributed by atoms with Gasteiger partial charge >= 0.3 is 0 Å². The Bertz CT molecular complexity index is 364. The number of hydrogen-bond acceptors (Lipinski definition) is 4. The van der Waals surface area contributed by atoms with Crippen LogP contribution in [0, 0.1) is 0 Å². The van der Waals surface area contributed by atoms with Gasteiger partial charge in [-0.1, -0.05) is 0 Å². The molecule has 0 bridgehead atoms. The fourth-order valence-corrected chi connectivity index (χ4v) is 2.78. The Hall–Kier alpha value is -0.750. The maximum Gasteiger partial charge on any atom is 0.261 e. The van der Waals surface area contributed by atoms with E-state index in [0.717, 1.165) is 9.47 Å². The molecular weight excluding hydrogens is 256 g/mol. The van der Waals surface area contributed by atoms with Crippen molar-refractivity contribution in [3.05, 3.63) is 8.66 Å². The van der Waals surface area contributed by atoms with Gasteiger partial charge in [-0.05, 0) is 15.9 Å². The number of rotatable bonds is 1. The minimum absolute atomic E-state index is 0.426. The fourth-order valence-electron chi connectivity index (χ4n) is 1.18. The molecule has 1 aromatic heterocycles. The summed E-state index contributed by atoms with van der Waals surface area (Å²) in [4.78, 5) is 11.5. The van der Waals surface area contributed by atoms with Crippen LogP contribution in [0.4, 0.5) is 5.69 Å². The second kappa shape index (κ2) is 3.19. The predicted molar refractivity (Wildman–Crippen MR) is 54.5 cm³/mol. The van der Waals surface area contributed by atoms with Crippen LogP contribution in [0.5, 0.6) is 5.75 Å². The molecule has 0 saturated heterocycles. The maximum absolute atomic E-state index is 11.0. The number of carbonyl (C=O) groups is 1. The summed E-state index contributed by atoms with van der Waals surface area (Å²) in [6, 6.07) is 0. The van der Waals surface area contributed by atoms with Crippen LogP contribution >= 0.6 is 27.3 Å². The minimum Gasteiger partial charge on any atom is -0.487 e. The summed E-state index contributed by atoms with van der Waals surface area (Å²) < 4.78 is 6.19. The Morgan fingerprint density at radius 2 is 2.46 bits per heavy atom. The Labute approximate surface area is 87.2 Å². The SMILES string of the molecule is NC(=O)c1sc(Br)c2c1NCCO2. The summed E-state index contributed by atoms with van der Waals surface area (Å²) in [5.74, 6) is 0.273. The maximum atomic E-state index is 11.0. The van der Waals surface area contributed by atoms with Gasteiger partial charge < -0.3 is 15.8 Å². The lowest BCUT2D eigenvalue weighted by molar-refractivity contribution is 0.100. The van der Waals surface area contributed by atoms with E-state index in [0.29, 0.717) is 23.8 Å². The smallest absolute Gasteiger partial charge is 0.261 e. The van der Waals surface area contributed by atoms with E-state index in [1.165, 1.54) is 11.3 Å². The van der Waals surface area contributed by atoms with Crippen LogP contribution < -0.4 is 15.8 Å². The molecule has 0 radical (unpaired) electrons. The molecule has 6 heteroatoms. The van der Waals surface area contributed by atoms with Crippen molar-refractivity contribution < 1.29 is 9.53 Å². The quantitative estimate of drug-likeness (QED) is 0.805. The van der Waals surface area contributed by atoms with Gasteiger partial charge in [0, 0.05) is 6.54 Å². The molecule has 0 aromatic carbocycles. The van der Waals surface area contributed by atoms with Crippen LogP contribution in [-0.4, -0.2) is 19.1 Å². The summed E-state index contributed by atoms with van der Waals surface area (Å²) in [6.45, 7) is 1.32. The lowest BCUT2D eigenvalue weighted by atomic mass is 10.3. The highest BCUT2D eigenvalue weighted by molar-refractivity contribution is 9.11. The van der Waals surface area contributed by atoms with Crippen LogP contribution in [0.25, 0.3) is 0 Å². The van der Waals surface area contributed by atoms with E-state index >= 15 is 0 Å². The molecule has 2 rings (SSSR count). The van der Waals surface area contributed by atoms with E-state index < -0.39 is 5.91 Å². The molecule has 2 heterocycles. The van der Waals surface area contributed by atoms with E-state index in [2.05, 4.69) is 21.2 Å². The second-order valence-electron chi connectivity index (χ2n) is 2.55. The molecule has 1 aromatic rings. The number of fused-ring (bicyclic) bond motifs is 1. The summed E-state index contributed by atoms with van der Waals surface area (Å²) in [5, 5.41) is 3.09. The Morgan fingerprint density at radius 3 is 3.15 bits per heavy atom. The molecule has 3 N–H and O–H groups in total. The first kappa shape index (κ1) is 8.83. The average molecular weight is 263 g/mol. The fraction of sp³-hybridized carbons (Fsp3) is 0.286. The number of thiophene rings is 1. The van der Waals surface area contributed by atoms with Gasteiger partial charge in [0.1, 0.15) is 21.0 Å². The summed E-state index contributed by atoms with van der Waals surface area (Å²) in [5.41, 5.74) is 5.92. The highest BCUT2D eigenvalue weighted by atomic mass is 79.9. The van der Waals surface area contributed by atoms with Crippen molar-refractivity contribution in [1.29, 1.82) is 0 Å². The molecule has 0 fully saturated rings. The Balaban J connectivity index is 2.53. The second-order valence-corrected chi connectivity index (χ2v) is 4.89. The zero-order valence-corrected chi connectivity index (χ0v) is 9.00. The predicted octanol–water partition coefficient (Wildman–Crippen LogP) is 1.41. The van der Waals surface area contributed by atoms with Gasteiger partial charge in [-0.25, -0.2) is 0 Å². The van der Waals surface area contributed by atoms with E-state index in [4.69, 9.17) is 10.5 Å². The van der Waals surface area contributed by atoms with Gasteiger partial charge in [0.05, 0.1) is 0 Å². The van der Waals surface area contributed by atoms with E-state index in [-0.39, 0.29) is 0 Å². The van der Waals surface area contributed by atoms with Crippen molar-refractivity contribution in [3.8, 4) is 5.75 Å². The van der Waals surface area contributed by atoms with Crippen LogP contribution in [0.1, 0.15) is 9.67 Å². The highest BCUT2D eigenvalue weighted by Gasteiger charge is 2.23. The third-order valence-electron chi connectivity index (χ3n) is 1.70. The topological polar surface area (TPSA) is 64.4 Å². The van der Waals surface area contributed by atoms with Crippen molar-refractivity contribution in [2.75, 3.05) is 18.5 Å². The van der Waals surface area contributed by atoms with Gasteiger partial charge in [0.15, 0.2) is 5.75 Å². The van der Waals surface area contributed by atoms with Crippen LogP contribution in [0.15, 0.2) is 3.79 Å². The van der Waals surface area contributed by atoms with Crippen molar-refractivity contribution >= 4 is 38.9 Å². The molecule has 1 aliphatic heterocycles. The molecule has 1 amide bonds. The molecule has 1 aliphatic rings. The Morgan fingerprint density at radius 1 is 1.69 bits per heavy atom. The molecule has 13 heavy (non-hydrogen) atoms. The number of primary amides is 1. The first-order chi connectivity index (χ1) is 6.20. The summed E-state index contributed by atoms with van der Waals surface area (Å²) in [6.07, 6.45) is 0. The molecule has 0 unspecified atom stereocenters. The van der Waals surface area contributed by atoms with Gasteiger partial charge in [0.25, 0.3) is 5.91 Å². The van der Waals surface area contributed by atoms with Gasteiger partial charge in [-0.3, -0.25) is 4.79 Å². The number of hydrogen-bond donors (Lipinski definition) is 2. The number of amides is 1. The molecule has 70 valence electrons. The van der Waals surface area contributed by atoms with Gasteiger partial charge in [-0.15, -0.1) is 11.3 Å². The first-order valence-electron chi connectivity index (χ1n) is 3.69. The number of anilines is 1. The first-order valence-corrected chi connectivity index (χ1v) is 5.30. The third kappa shape index (κ3) is 1.40. The Kier molecular flexibility index (Phi) is 2.17. The number of halogens is 1. The number of carbonyl (C=O) groups excluding carboxylic acids is 1. The van der Waals surface area contributed by atoms with E-state index in [1.807, 2.05) is 0 Å². The number of nitrogens with two attached hydrogens (primary N) is 1. The van der Waals surface area contributed by atoms with E-state index in [1.54, 1.807) is 0 Å². The summed E-state index contributed by atoms with van der Waals surface area (Å²) in [7, 11) is 0.